The van der Waals surface area contributed by atoms with Gasteiger partial charge in [0.1, 0.15) is 6.26 Å². The second-order valence-corrected chi connectivity index (χ2v) is 4.65. The molecule has 0 spiro atoms. The Bertz CT molecular complexity index is 377. The Labute approximate surface area is 114 Å². The van der Waals surface area contributed by atoms with Crippen molar-refractivity contribution in [1.29, 1.82) is 0 Å². The molecular formula is C14H24N2O3. The first-order valence-corrected chi connectivity index (χ1v) is 7.06. The number of nitrogens with zero attached hydrogens (tertiary/aromatic N) is 1. The highest BCUT2D eigenvalue weighted by molar-refractivity contribution is 5.87. The number of rotatable bonds is 9. The lowest BCUT2D eigenvalue weighted by atomic mass is 10.1. The van der Waals surface area contributed by atoms with E-state index in [-0.39, 0.29) is 11.7 Å². The zero-order valence-corrected chi connectivity index (χ0v) is 12.1. The molecule has 0 saturated heterocycles. The maximum Gasteiger partial charge on any atom is 0.360 e. The van der Waals surface area contributed by atoms with E-state index < -0.39 is 5.97 Å². The summed E-state index contributed by atoms with van der Waals surface area (Å²) in [5.74, 6) is -0.449. The first kappa shape index (κ1) is 15.5. The van der Waals surface area contributed by atoms with Crippen LogP contribution in [0.2, 0.25) is 0 Å². The van der Waals surface area contributed by atoms with Gasteiger partial charge in [0.25, 0.3) is 6.01 Å². The molecule has 0 amide bonds. The van der Waals surface area contributed by atoms with Crippen LogP contribution in [0.25, 0.3) is 0 Å². The van der Waals surface area contributed by atoms with Crippen LogP contribution in [-0.2, 0) is 4.74 Å². The van der Waals surface area contributed by atoms with E-state index in [2.05, 4.69) is 24.1 Å². The SMILES string of the molecule is CCCCCCC(C)Nc1nc(C(=O)OCC)co1. The maximum atomic E-state index is 11.4. The number of carbonyl (C=O) groups excluding carboxylic acids is 1. The molecule has 108 valence electrons. The standard InChI is InChI=1S/C14H24N2O3/c1-4-6-7-8-9-11(3)15-14-16-12(10-19-14)13(17)18-5-2/h10-11H,4-9H2,1-3H3,(H,15,16). The molecule has 5 nitrogen and oxygen atoms in total. The lowest BCUT2D eigenvalue weighted by Crippen LogP contribution is -2.15. The van der Waals surface area contributed by atoms with Gasteiger partial charge in [-0.15, -0.1) is 0 Å². The Hall–Kier alpha value is -1.52. The molecule has 0 radical (unpaired) electrons. The number of aromatic nitrogens is 1. The smallest absolute Gasteiger partial charge is 0.360 e. The number of anilines is 1. The van der Waals surface area contributed by atoms with Crippen LogP contribution < -0.4 is 5.32 Å². The summed E-state index contributed by atoms with van der Waals surface area (Å²) >= 11 is 0. The van der Waals surface area contributed by atoms with E-state index >= 15 is 0 Å². The summed E-state index contributed by atoms with van der Waals surface area (Å²) < 4.78 is 10.1. The van der Waals surface area contributed by atoms with Crippen LogP contribution in [0.4, 0.5) is 6.01 Å². The highest BCUT2D eigenvalue weighted by Crippen LogP contribution is 2.13. The van der Waals surface area contributed by atoms with Crippen molar-refractivity contribution in [1.82, 2.24) is 4.98 Å². The Kier molecular flexibility index (Phi) is 7.00. The summed E-state index contributed by atoms with van der Waals surface area (Å²) in [4.78, 5) is 15.5. The van der Waals surface area contributed by atoms with Crippen molar-refractivity contribution < 1.29 is 13.9 Å². The number of hydrogen-bond acceptors (Lipinski definition) is 5. The summed E-state index contributed by atoms with van der Waals surface area (Å²) in [5, 5.41) is 3.15. The third-order valence-electron chi connectivity index (χ3n) is 2.85. The Morgan fingerprint density at radius 1 is 1.42 bits per heavy atom. The highest BCUT2D eigenvalue weighted by Gasteiger charge is 2.14. The zero-order chi connectivity index (χ0) is 14.1. The van der Waals surface area contributed by atoms with Crippen LogP contribution >= 0.6 is 0 Å². The molecule has 0 bridgehead atoms. The molecule has 0 aliphatic heterocycles. The second kappa shape index (κ2) is 8.56. The largest absolute Gasteiger partial charge is 0.461 e. The molecule has 1 aromatic heterocycles. The molecule has 1 N–H and O–H groups in total. The summed E-state index contributed by atoms with van der Waals surface area (Å²) in [5.41, 5.74) is 0.211. The van der Waals surface area contributed by atoms with Gasteiger partial charge >= 0.3 is 5.97 Å². The topological polar surface area (TPSA) is 64.4 Å². The molecule has 0 aromatic carbocycles. The van der Waals surface area contributed by atoms with Crippen LogP contribution in [0.15, 0.2) is 10.7 Å². The number of hydrogen-bond donors (Lipinski definition) is 1. The van der Waals surface area contributed by atoms with Gasteiger partial charge in [0, 0.05) is 6.04 Å². The van der Waals surface area contributed by atoms with Gasteiger partial charge in [0.05, 0.1) is 6.61 Å². The first-order chi connectivity index (χ1) is 9.17. The monoisotopic (exact) mass is 268 g/mol. The number of esters is 1. The van der Waals surface area contributed by atoms with Crippen LogP contribution in [0.1, 0.15) is 63.4 Å². The molecule has 1 aromatic rings. The van der Waals surface area contributed by atoms with E-state index in [1.54, 1.807) is 6.92 Å². The highest BCUT2D eigenvalue weighted by atomic mass is 16.5. The van der Waals surface area contributed by atoms with Crippen molar-refractivity contribution in [2.24, 2.45) is 0 Å². The lowest BCUT2D eigenvalue weighted by molar-refractivity contribution is 0.0519. The van der Waals surface area contributed by atoms with Gasteiger partial charge in [0.2, 0.25) is 0 Å². The normalized spacial score (nSPS) is 12.2. The van der Waals surface area contributed by atoms with Gasteiger partial charge in [-0.1, -0.05) is 32.6 Å². The molecule has 1 atom stereocenters. The molecule has 5 heteroatoms. The number of unbranched alkanes of at least 4 members (excludes halogenated alkanes) is 3. The Morgan fingerprint density at radius 3 is 2.89 bits per heavy atom. The van der Waals surface area contributed by atoms with Crippen LogP contribution in [-0.4, -0.2) is 23.6 Å². The molecule has 0 aliphatic carbocycles. The minimum Gasteiger partial charge on any atom is -0.461 e. The van der Waals surface area contributed by atoms with Crippen LogP contribution in [0.3, 0.4) is 0 Å². The van der Waals surface area contributed by atoms with Gasteiger partial charge in [-0.05, 0) is 20.3 Å². The fraction of sp³-hybridized carbons (Fsp3) is 0.714. The minimum absolute atomic E-state index is 0.211. The number of ether oxygens (including phenoxy) is 1. The Balaban J connectivity index is 2.34. The van der Waals surface area contributed by atoms with Gasteiger partial charge < -0.3 is 14.5 Å². The predicted octanol–water partition coefficient (Wildman–Crippen LogP) is 3.62. The average molecular weight is 268 g/mol. The van der Waals surface area contributed by atoms with Crippen molar-refractivity contribution in [3.8, 4) is 0 Å². The van der Waals surface area contributed by atoms with Gasteiger partial charge in [-0.25, -0.2) is 4.79 Å². The fourth-order valence-electron chi connectivity index (χ4n) is 1.80. The fourth-order valence-corrected chi connectivity index (χ4v) is 1.80. The van der Waals surface area contributed by atoms with E-state index in [9.17, 15) is 4.79 Å². The summed E-state index contributed by atoms with van der Waals surface area (Å²) in [6.07, 6.45) is 7.35. The second-order valence-electron chi connectivity index (χ2n) is 4.65. The summed E-state index contributed by atoms with van der Waals surface area (Å²) in [6.45, 7) is 6.38. The summed E-state index contributed by atoms with van der Waals surface area (Å²) in [7, 11) is 0. The predicted molar refractivity (Wildman–Crippen MR) is 74.3 cm³/mol. The van der Waals surface area contributed by atoms with Crippen molar-refractivity contribution in [3.63, 3.8) is 0 Å². The number of carbonyl (C=O) groups is 1. The molecule has 1 heterocycles. The van der Waals surface area contributed by atoms with E-state index in [1.165, 1.54) is 31.9 Å². The maximum absolute atomic E-state index is 11.4. The quantitative estimate of drug-likeness (QED) is 0.547. The van der Waals surface area contributed by atoms with Crippen molar-refractivity contribution in [2.45, 2.75) is 58.9 Å². The summed E-state index contributed by atoms with van der Waals surface area (Å²) in [6, 6.07) is 0.664. The first-order valence-electron chi connectivity index (χ1n) is 7.06. The van der Waals surface area contributed by atoms with E-state index in [0.29, 0.717) is 12.6 Å². The van der Waals surface area contributed by atoms with Crippen LogP contribution in [0.5, 0.6) is 0 Å². The molecule has 1 unspecified atom stereocenters. The molecular weight excluding hydrogens is 244 g/mol. The zero-order valence-electron chi connectivity index (χ0n) is 12.1. The lowest BCUT2D eigenvalue weighted by Gasteiger charge is -2.11. The molecule has 0 aliphatic rings. The van der Waals surface area contributed by atoms with Crippen molar-refractivity contribution >= 4 is 12.0 Å². The minimum atomic E-state index is -0.449. The third kappa shape index (κ3) is 5.77. The van der Waals surface area contributed by atoms with Gasteiger partial charge in [-0.3, -0.25) is 0 Å². The van der Waals surface area contributed by atoms with E-state index in [0.717, 1.165) is 6.42 Å². The number of oxazole rings is 1. The van der Waals surface area contributed by atoms with Crippen LogP contribution in [0, 0.1) is 0 Å². The van der Waals surface area contributed by atoms with E-state index in [1.807, 2.05) is 0 Å². The number of nitrogens with one attached hydrogen (secondary N) is 1. The molecule has 19 heavy (non-hydrogen) atoms. The Morgan fingerprint density at radius 2 is 2.21 bits per heavy atom. The molecule has 0 fully saturated rings. The van der Waals surface area contributed by atoms with Crippen molar-refractivity contribution in [3.05, 3.63) is 12.0 Å². The van der Waals surface area contributed by atoms with Gasteiger partial charge in [-0.2, -0.15) is 4.98 Å². The molecule has 1 rings (SSSR count). The molecule has 0 saturated carbocycles. The third-order valence-corrected chi connectivity index (χ3v) is 2.85. The average Bonchev–Trinajstić information content (AvgIpc) is 2.83. The van der Waals surface area contributed by atoms with Gasteiger partial charge in [0.15, 0.2) is 5.69 Å². The van der Waals surface area contributed by atoms with E-state index in [4.69, 9.17) is 9.15 Å². The van der Waals surface area contributed by atoms with Crippen molar-refractivity contribution in [2.75, 3.05) is 11.9 Å².